The molecule has 25 N–H and O–H groups in total. The minimum atomic E-state index is -4.91. The zero-order valence-corrected chi connectivity index (χ0v) is 56.5. The molecule has 7 rings (SSSR count). The number of aliphatic hydroxyl groups excluding tert-OH is 21. The number of carbonyl (C=O) groups is 3. The van der Waals surface area contributed by atoms with Crippen LogP contribution in [0, 0.1) is 0 Å². The zero-order valence-electron chi connectivity index (χ0n) is 60.7. The third kappa shape index (κ3) is 37.8. The maximum absolute atomic E-state index is 11.0. The Labute approximate surface area is 580 Å². The normalized spacial score (nSPS) is 41.0. The molecule has 93 heavy (non-hydrogen) atoms. The van der Waals surface area contributed by atoms with Crippen molar-refractivity contribution >= 4 is 84.2 Å². The number of hydrogen-bond donors (Lipinski definition) is 24. The molecule has 37 nitrogen and oxygen atoms in total. The lowest BCUT2D eigenvalue weighted by Gasteiger charge is -2.39. The number of ketones is 3. The lowest BCUT2D eigenvalue weighted by Crippen LogP contribution is -2.58. The average Bonchev–Trinajstić information content (AvgIpc) is 0.827. The Balaban J connectivity index is -0.000000106. The first-order valence-electron chi connectivity index (χ1n) is 30.9. The Bertz CT molecular complexity index is 2080. The van der Waals surface area contributed by atoms with Gasteiger partial charge in [-0.25, -0.2) is 4.57 Å². The maximum atomic E-state index is 11.0. The van der Waals surface area contributed by atoms with E-state index in [1.165, 1.54) is 13.8 Å². The summed E-state index contributed by atoms with van der Waals surface area (Å²) in [7, 11) is 8.88. The monoisotopic (exact) mass is 1530 g/mol. The number of phosphoric acid groups is 1. The van der Waals surface area contributed by atoms with Crippen LogP contribution >= 0.6 is 66.9 Å². The summed E-state index contributed by atoms with van der Waals surface area (Å²) >= 11 is 0. The molecule has 0 aromatic carbocycles. The van der Waals surface area contributed by atoms with Crippen molar-refractivity contribution in [1.82, 2.24) is 4.90 Å². The number of hydrogen-bond acceptors (Lipinski definition) is 35. The van der Waals surface area contributed by atoms with Crippen molar-refractivity contribution in [3.8, 4) is 0 Å². The fraction of sp³-hybridized carbons (Fsp3) is 0.939. The van der Waals surface area contributed by atoms with Gasteiger partial charge in [0.25, 0.3) is 0 Å². The van der Waals surface area contributed by atoms with Crippen molar-refractivity contribution in [1.29, 1.82) is 16.3 Å². The Morgan fingerprint density at radius 2 is 0.892 bits per heavy atom. The summed E-state index contributed by atoms with van der Waals surface area (Å²) in [6.45, 7) is 7.09. The molecule has 0 aromatic rings. The van der Waals surface area contributed by atoms with Crippen LogP contribution in [0.3, 0.4) is 0 Å². The first-order valence-corrected chi connectivity index (χ1v) is 26.5. The number of rotatable bonds is 11. The SMILES string of the molecule is C.C.C.C.C.O=P(O)(O)O[C@H]1OC(CO)[C@@H](O)[C@H](O)C1O.[2H]P.[2H]P.[2H]P.[2H]P.[2H]P.[2H]P.[3H]O[C@H]1OC(C)C(=O)[C@H](O)C1O.[3H]O[C@H]1OC(C)CC(=O)C1O.[3H]O[C@H]1OC(C)C[C@H](N(C)C)C1O.[3H]O[C@H]1OC(C)C[C@H](N)C1O.[3H]O[C@H]1OC(C)[C@@H](O)C(=O)C1O.[3H]O[C@H]1OC(CO)[C@@H](O)[C@H](O)C1O. The van der Waals surface area contributed by atoms with Crippen LogP contribution in [0.1, 0.15) is 91.0 Å². The van der Waals surface area contributed by atoms with Crippen LogP contribution in [0.4, 0.5) is 0 Å². The van der Waals surface area contributed by atoms with E-state index in [-0.39, 0.29) is 79.7 Å². The summed E-state index contributed by atoms with van der Waals surface area (Å²) in [5, 5.41) is 161. The van der Waals surface area contributed by atoms with Gasteiger partial charge in [0.2, 0.25) is 8.59 Å². The van der Waals surface area contributed by atoms with Crippen LogP contribution in [0.2, 0.25) is 0 Å². The summed E-state index contributed by atoms with van der Waals surface area (Å²) < 4.78 is 122. The van der Waals surface area contributed by atoms with Gasteiger partial charge in [-0.3, -0.25) is 18.9 Å². The largest absolute Gasteiger partial charge is 0.472 e. The van der Waals surface area contributed by atoms with Crippen LogP contribution in [0.5, 0.6) is 0 Å². The van der Waals surface area contributed by atoms with E-state index >= 15 is 0 Å². The highest BCUT2D eigenvalue weighted by molar-refractivity contribution is 7.46. The van der Waals surface area contributed by atoms with Crippen LogP contribution in [0.15, 0.2) is 0 Å². The van der Waals surface area contributed by atoms with Gasteiger partial charge >= 0.3 is 7.82 Å². The third-order valence-electron chi connectivity index (χ3n) is 12.6. The van der Waals surface area contributed by atoms with E-state index in [2.05, 4.69) is 39.9 Å². The molecule has 7 saturated heterocycles. The number of aliphatic hydroxyl groups is 21. The van der Waals surface area contributed by atoms with Gasteiger partial charge in [0.05, 0.1) is 45.3 Å². The van der Waals surface area contributed by atoms with Gasteiger partial charge in [0.1, 0.15) is 85.5 Å². The van der Waals surface area contributed by atoms with Crippen molar-refractivity contribution < 1.29 is 174 Å². The second kappa shape index (κ2) is 55.2. The number of nitrogens with two attached hydrogens (primary N) is 1. The number of nitrogens with zero attached hydrogens (tertiary/aromatic N) is 1. The smallest absolute Gasteiger partial charge is 0.394 e. The lowest BCUT2D eigenvalue weighted by atomic mass is 9.99. The summed E-state index contributed by atoms with van der Waals surface area (Å²) in [5.74, 6) is -1.71. The minimum Gasteiger partial charge on any atom is -0.394 e. The standard InChI is InChI=1S/C8H17NO3.C6H13NO3.C6H13O9P.C6H12O6.2C6H10O5.C6H10O4.5CH4.6H3P/c1-5-4-6(9(2)3)7(10)8(11)12-5;1-3-2-4(7)5(8)6(9)10-3;7-1-2-3(8)4(9)5(10)6(14-2)15-16(11,12)13;7-1-2-3(8)4(9)5(10)6(11)12-2;2*1-2-3(7)4(8)5(9)6(10)11-2;1-3-2-4(7)5(8)6(9)10-3;;;;;;;;;;;/h5-8,10-11H,4H2,1-3H3;3-6,8-9H,2,7H2,1H3;2-10H,1H2,(H2,11,12,13);2-11H,1H2;2,4-6,8-10H,1H3;2-3,5-7,9-10H,1H3;3,5-6,8-9H,2H2,1H3;5*1H4;6*1H3/t5?,6-,7?,8-;3?,4-,5?,6-;2?,3-,4+,5?,6-;2?,3-,4+,5?,6+;2?,4-,5?,6-;2?,3-,5?,6+;3?,5?,6-;;;;;;;;;;;/m0011010.........../s1/i11T;9T;;11T;2*10T;9T;;;;;;6*1D. The molecule has 0 saturated carbocycles. The van der Waals surface area contributed by atoms with Gasteiger partial charge in [-0.05, 0) is 61.6 Å². The highest BCUT2D eigenvalue weighted by Crippen LogP contribution is 2.40. The molecule has 574 valence electrons. The number of carbonyl (C=O) groups excluding carboxylic acids is 3. The fourth-order valence-electron chi connectivity index (χ4n) is 7.70. The molecule has 0 bridgehead atoms. The van der Waals surface area contributed by atoms with Crippen LogP contribution in [0.25, 0.3) is 0 Å². The van der Waals surface area contributed by atoms with Gasteiger partial charge in [-0.15, -0.1) is 0 Å². The molecule has 35 atom stereocenters. The summed E-state index contributed by atoms with van der Waals surface area (Å²) in [5.41, 5.74) is 5.54. The van der Waals surface area contributed by atoms with E-state index in [1.54, 1.807) is 66.0 Å². The summed E-state index contributed by atoms with van der Waals surface area (Å²) in [4.78, 5) is 51.7. The van der Waals surface area contributed by atoms with E-state index in [1.807, 2.05) is 32.8 Å². The fourth-order valence-corrected chi connectivity index (χ4v) is 8.15. The average molecular weight is 1540 g/mol. The van der Waals surface area contributed by atoms with E-state index in [0.29, 0.717) is 6.42 Å². The van der Waals surface area contributed by atoms with Crippen molar-refractivity contribution in [2.45, 2.75) is 269 Å². The second-order valence-corrected chi connectivity index (χ2v) is 20.9. The predicted octanol–water partition coefficient (Wildman–Crippen LogP) is -9.52. The molecule has 0 aromatic heterocycles. The predicted molar refractivity (Wildman–Crippen MR) is 362 cm³/mol. The quantitative estimate of drug-likeness (QED) is 0.0854. The van der Waals surface area contributed by atoms with Gasteiger partial charge < -0.3 is 161 Å². The zero-order chi connectivity index (χ0) is 80.0. The topological polar surface area (TPSA) is 637 Å². The molecule has 44 heteroatoms. The number of phosphoric ester groups is 1. The number of likely N-dealkylation sites (N-methyl/N-ethyl adjacent to an activating group) is 1. The summed E-state index contributed by atoms with van der Waals surface area (Å²) in [6.07, 6.45) is -29.6. The van der Waals surface area contributed by atoms with Crippen LogP contribution < -0.4 is 5.73 Å². The highest BCUT2D eigenvalue weighted by Gasteiger charge is 2.47. The maximum Gasteiger partial charge on any atom is 0.472 e. The number of ether oxygens (including phenoxy) is 7. The van der Waals surface area contributed by atoms with Crippen LogP contribution in [-0.4, -0.2) is 361 Å². The lowest BCUT2D eigenvalue weighted by molar-refractivity contribution is -0.286. The van der Waals surface area contributed by atoms with E-state index < -0.39 is 180 Å². The highest BCUT2D eigenvalue weighted by atomic mass is 31.2. The van der Waals surface area contributed by atoms with Gasteiger partial charge in [-0.1, -0.05) is 37.1 Å². The molecule has 0 aliphatic carbocycles. The number of Topliss-reactive ketones (excluding diaryl/α,β-unsaturated/α-hetero) is 3. The molecule has 20 unspecified atom stereocenters. The molecular weight excluding hydrogens is 1390 g/mol. The molecule has 7 aliphatic rings. The van der Waals surface area contributed by atoms with Crippen molar-refractivity contribution in [2.24, 2.45) is 5.73 Å². The second-order valence-electron chi connectivity index (χ2n) is 19.7. The third-order valence-corrected chi connectivity index (χ3v) is 13.1. The van der Waals surface area contributed by atoms with E-state index in [9.17, 15) is 54.7 Å². The van der Waals surface area contributed by atoms with E-state index in [0.717, 1.165) is 6.42 Å². The Morgan fingerprint density at radius 3 is 1.33 bits per heavy atom. The molecule has 7 aliphatic heterocycles. The summed E-state index contributed by atoms with van der Waals surface area (Å²) in [6, 6.07) is -0.354. The molecule has 7 fully saturated rings. The van der Waals surface area contributed by atoms with Crippen molar-refractivity contribution in [3.05, 3.63) is 0 Å². The minimum absolute atomic E-state index is 0. The van der Waals surface area contributed by atoms with Gasteiger partial charge in [0, 0.05) is 18.5 Å². The molecule has 0 radical (unpaired) electrons. The van der Waals surface area contributed by atoms with Gasteiger partial charge in [0.15, 0.2) is 73.6 Å². The first-order chi connectivity index (χ1) is 46.9. The van der Waals surface area contributed by atoms with Crippen molar-refractivity contribution in [3.63, 3.8) is 0 Å². The first kappa shape index (κ1) is 89.6. The van der Waals surface area contributed by atoms with Crippen LogP contribution in [-0.2, 0) is 56.6 Å². The van der Waals surface area contributed by atoms with Gasteiger partial charge in [-0.2, -0.15) is 59.1 Å². The van der Waals surface area contributed by atoms with Crippen molar-refractivity contribution in [2.75, 3.05) is 27.3 Å². The Morgan fingerprint density at radius 1 is 0.495 bits per heavy atom. The van der Waals surface area contributed by atoms with E-state index in [4.69, 9.17) is 101 Å². The Hall–Kier alpha value is 0.500. The molecule has 0 amide bonds. The molecular formula is C49H123N2O35P7. The Kier molecular flexibility index (Phi) is 53.1. The molecule has 7 heterocycles. The molecule has 0 spiro atoms.